The minimum absolute atomic E-state index is 0.180. The first-order valence-corrected chi connectivity index (χ1v) is 4.59. The van der Waals surface area contributed by atoms with Crippen molar-refractivity contribution in [2.75, 3.05) is 20.6 Å². The molecule has 0 aliphatic carbocycles. The Bertz CT molecular complexity index is 190. The van der Waals surface area contributed by atoms with Crippen LogP contribution in [0.3, 0.4) is 0 Å². The Morgan fingerprint density at radius 1 is 1.46 bits per heavy atom. The summed E-state index contributed by atoms with van der Waals surface area (Å²) < 4.78 is 0. The zero-order valence-corrected chi connectivity index (χ0v) is 9.52. The standard InChI is InChI=1S/C11H22N2/c1-10(2)7-8-12-9-11(3,4)13(5)6/h7-8,12H,1,9H2,2-6H3/b8-7-. The van der Waals surface area contributed by atoms with E-state index in [-0.39, 0.29) is 5.54 Å². The summed E-state index contributed by atoms with van der Waals surface area (Å²) in [5.74, 6) is 0. The summed E-state index contributed by atoms with van der Waals surface area (Å²) >= 11 is 0. The van der Waals surface area contributed by atoms with Gasteiger partial charge in [-0.25, -0.2) is 0 Å². The monoisotopic (exact) mass is 182 g/mol. The summed E-state index contributed by atoms with van der Waals surface area (Å²) in [5, 5.41) is 3.26. The Hall–Kier alpha value is -0.760. The predicted molar refractivity (Wildman–Crippen MR) is 59.7 cm³/mol. The normalized spacial score (nSPS) is 12.5. The largest absolute Gasteiger partial charge is 0.389 e. The number of nitrogens with one attached hydrogen (secondary N) is 1. The van der Waals surface area contributed by atoms with Crippen LogP contribution in [0.4, 0.5) is 0 Å². The zero-order chi connectivity index (χ0) is 10.5. The molecular formula is C11H22N2. The molecule has 0 rings (SSSR count). The van der Waals surface area contributed by atoms with Crippen molar-refractivity contribution in [3.8, 4) is 0 Å². The van der Waals surface area contributed by atoms with E-state index in [0.717, 1.165) is 12.1 Å². The fourth-order valence-corrected chi connectivity index (χ4v) is 0.668. The summed E-state index contributed by atoms with van der Waals surface area (Å²) in [6.07, 6.45) is 3.93. The molecule has 0 bridgehead atoms. The van der Waals surface area contributed by atoms with Gasteiger partial charge in [0.1, 0.15) is 0 Å². The van der Waals surface area contributed by atoms with E-state index in [0.29, 0.717) is 0 Å². The maximum absolute atomic E-state index is 3.79. The number of likely N-dealkylation sites (N-methyl/N-ethyl adjacent to an activating group) is 1. The number of nitrogens with zero attached hydrogens (tertiary/aromatic N) is 1. The van der Waals surface area contributed by atoms with Crippen molar-refractivity contribution < 1.29 is 0 Å². The molecule has 76 valence electrons. The lowest BCUT2D eigenvalue weighted by molar-refractivity contribution is 0.196. The number of hydrogen-bond acceptors (Lipinski definition) is 2. The average molecular weight is 182 g/mol. The molecule has 0 spiro atoms. The van der Waals surface area contributed by atoms with E-state index in [9.17, 15) is 0 Å². The molecule has 0 amide bonds. The highest BCUT2D eigenvalue weighted by molar-refractivity contribution is 5.10. The van der Waals surface area contributed by atoms with Crippen molar-refractivity contribution >= 4 is 0 Å². The number of rotatable bonds is 5. The molecule has 0 aliphatic rings. The van der Waals surface area contributed by atoms with E-state index in [4.69, 9.17) is 0 Å². The van der Waals surface area contributed by atoms with E-state index >= 15 is 0 Å². The van der Waals surface area contributed by atoms with Gasteiger partial charge in [-0.15, -0.1) is 0 Å². The van der Waals surface area contributed by atoms with Crippen molar-refractivity contribution in [1.82, 2.24) is 10.2 Å². The molecule has 0 fully saturated rings. The minimum atomic E-state index is 0.180. The van der Waals surface area contributed by atoms with Crippen LogP contribution in [-0.2, 0) is 0 Å². The maximum atomic E-state index is 3.79. The van der Waals surface area contributed by atoms with Crippen LogP contribution in [0.15, 0.2) is 24.4 Å². The molecule has 0 aromatic carbocycles. The summed E-state index contributed by atoms with van der Waals surface area (Å²) in [5.41, 5.74) is 1.24. The third kappa shape index (κ3) is 5.47. The van der Waals surface area contributed by atoms with Crippen LogP contribution in [0.1, 0.15) is 20.8 Å². The first-order chi connectivity index (χ1) is 5.86. The van der Waals surface area contributed by atoms with Crippen molar-refractivity contribution in [1.29, 1.82) is 0 Å². The second-order valence-electron chi connectivity index (χ2n) is 4.27. The fourth-order valence-electron chi connectivity index (χ4n) is 0.668. The average Bonchev–Trinajstić information content (AvgIpc) is 1.97. The van der Waals surface area contributed by atoms with Gasteiger partial charge < -0.3 is 10.2 Å². The molecule has 2 nitrogen and oxygen atoms in total. The third-order valence-electron chi connectivity index (χ3n) is 2.23. The van der Waals surface area contributed by atoms with E-state index in [1.807, 2.05) is 19.2 Å². The Morgan fingerprint density at radius 2 is 2.00 bits per heavy atom. The van der Waals surface area contributed by atoms with Gasteiger partial charge in [0.05, 0.1) is 0 Å². The Balaban J connectivity index is 3.82. The Kier molecular flexibility index (Phi) is 4.78. The van der Waals surface area contributed by atoms with Gasteiger partial charge in [-0.05, 0) is 47.1 Å². The SMILES string of the molecule is C=C(C)/C=C\NCC(C)(C)N(C)C. The fraction of sp³-hybridized carbons (Fsp3) is 0.636. The van der Waals surface area contributed by atoms with Gasteiger partial charge in [-0.1, -0.05) is 12.2 Å². The predicted octanol–water partition coefficient (Wildman–Crippen LogP) is 2.01. The van der Waals surface area contributed by atoms with Crippen LogP contribution in [-0.4, -0.2) is 31.1 Å². The quantitative estimate of drug-likeness (QED) is 0.654. The minimum Gasteiger partial charge on any atom is -0.389 e. The Labute approximate surface area is 82.3 Å². The van der Waals surface area contributed by atoms with E-state index < -0.39 is 0 Å². The van der Waals surface area contributed by atoms with Crippen LogP contribution in [0, 0.1) is 0 Å². The van der Waals surface area contributed by atoms with Crippen molar-refractivity contribution in [2.45, 2.75) is 26.3 Å². The highest BCUT2D eigenvalue weighted by Crippen LogP contribution is 2.07. The molecule has 0 aromatic heterocycles. The van der Waals surface area contributed by atoms with Crippen LogP contribution >= 0.6 is 0 Å². The van der Waals surface area contributed by atoms with E-state index in [1.165, 1.54) is 0 Å². The number of hydrogen-bond donors (Lipinski definition) is 1. The van der Waals surface area contributed by atoms with Gasteiger partial charge in [-0.2, -0.15) is 0 Å². The molecule has 0 aromatic rings. The third-order valence-corrected chi connectivity index (χ3v) is 2.23. The lowest BCUT2D eigenvalue weighted by atomic mass is 10.0. The van der Waals surface area contributed by atoms with Crippen LogP contribution in [0.2, 0.25) is 0 Å². The van der Waals surface area contributed by atoms with E-state index in [1.54, 1.807) is 0 Å². The van der Waals surface area contributed by atoms with Gasteiger partial charge in [0.2, 0.25) is 0 Å². The second kappa shape index (κ2) is 5.07. The van der Waals surface area contributed by atoms with Gasteiger partial charge in [0.15, 0.2) is 0 Å². The molecule has 0 radical (unpaired) electrons. The van der Waals surface area contributed by atoms with Gasteiger partial charge in [0.25, 0.3) is 0 Å². The molecule has 0 unspecified atom stereocenters. The molecule has 1 N–H and O–H groups in total. The molecule has 0 atom stereocenters. The van der Waals surface area contributed by atoms with E-state index in [2.05, 4.69) is 44.7 Å². The molecule has 2 heteroatoms. The van der Waals surface area contributed by atoms with Crippen LogP contribution in [0.5, 0.6) is 0 Å². The first-order valence-electron chi connectivity index (χ1n) is 4.59. The first kappa shape index (κ1) is 12.2. The summed E-state index contributed by atoms with van der Waals surface area (Å²) in [4.78, 5) is 2.20. The van der Waals surface area contributed by atoms with Crippen molar-refractivity contribution in [3.05, 3.63) is 24.4 Å². The number of allylic oxidation sites excluding steroid dienone is 2. The van der Waals surface area contributed by atoms with Crippen LogP contribution < -0.4 is 5.32 Å². The maximum Gasteiger partial charge on any atom is 0.0320 e. The zero-order valence-electron chi connectivity index (χ0n) is 9.52. The second-order valence-corrected chi connectivity index (χ2v) is 4.27. The molecule has 0 saturated carbocycles. The topological polar surface area (TPSA) is 15.3 Å². The molecule has 0 saturated heterocycles. The molecule has 0 heterocycles. The van der Waals surface area contributed by atoms with Gasteiger partial charge in [0, 0.05) is 12.1 Å². The Morgan fingerprint density at radius 3 is 2.38 bits per heavy atom. The van der Waals surface area contributed by atoms with Crippen LogP contribution in [0.25, 0.3) is 0 Å². The summed E-state index contributed by atoms with van der Waals surface area (Å²) in [6.45, 7) is 11.1. The molecule has 0 aliphatic heterocycles. The lowest BCUT2D eigenvalue weighted by Crippen LogP contribution is -2.45. The molecular weight excluding hydrogens is 160 g/mol. The van der Waals surface area contributed by atoms with Gasteiger partial charge >= 0.3 is 0 Å². The highest BCUT2D eigenvalue weighted by Gasteiger charge is 2.18. The van der Waals surface area contributed by atoms with Gasteiger partial charge in [-0.3, -0.25) is 0 Å². The smallest absolute Gasteiger partial charge is 0.0320 e. The van der Waals surface area contributed by atoms with Crippen molar-refractivity contribution in [2.24, 2.45) is 0 Å². The molecule has 13 heavy (non-hydrogen) atoms. The summed E-state index contributed by atoms with van der Waals surface area (Å²) in [7, 11) is 4.17. The summed E-state index contributed by atoms with van der Waals surface area (Å²) in [6, 6.07) is 0. The lowest BCUT2D eigenvalue weighted by Gasteiger charge is -2.32. The van der Waals surface area contributed by atoms with Crippen molar-refractivity contribution in [3.63, 3.8) is 0 Å². The highest BCUT2D eigenvalue weighted by atomic mass is 15.2.